The van der Waals surface area contributed by atoms with E-state index in [9.17, 15) is 17.6 Å². The number of rotatable bonds is 6. The number of carbonyl (C=O) groups is 1. The second-order valence-electron chi connectivity index (χ2n) is 4.61. The van der Waals surface area contributed by atoms with Gasteiger partial charge in [0, 0.05) is 12.6 Å². The van der Waals surface area contributed by atoms with E-state index in [2.05, 4.69) is 5.32 Å². The molecule has 1 aromatic rings. The molecule has 1 rings (SSSR count). The van der Waals surface area contributed by atoms with Crippen LogP contribution in [0.2, 0.25) is 0 Å². The highest BCUT2D eigenvalue weighted by Gasteiger charge is 2.25. The van der Waals surface area contributed by atoms with Crippen LogP contribution in [0.4, 0.5) is 4.39 Å². The van der Waals surface area contributed by atoms with Gasteiger partial charge in [0.1, 0.15) is 5.82 Å². The fourth-order valence-corrected chi connectivity index (χ4v) is 3.11. The molecule has 5 nitrogen and oxygen atoms in total. The Kier molecular flexibility index (Phi) is 5.64. The first-order chi connectivity index (χ1) is 9.27. The van der Waals surface area contributed by atoms with E-state index in [1.54, 1.807) is 20.8 Å². The molecule has 7 heteroatoms. The van der Waals surface area contributed by atoms with Crippen molar-refractivity contribution in [2.45, 2.75) is 31.7 Å². The third kappa shape index (κ3) is 4.28. The van der Waals surface area contributed by atoms with Crippen molar-refractivity contribution in [3.8, 4) is 0 Å². The molecule has 112 valence electrons. The van der Waals surface area contributed by atoms with Crippen molar-refractivity contribution in [3.05, 3.63) is 30.1 Å². The van der Waals surface area contributed by atoms with Crippen LogP contribution in [0.5, 0.6) is 0 Å². The van der Waals surface area contributed by atoms with Gasteiger partial charge in [-0.1, -0.05) is 13.0 Å². The van der Waals surface area contributed by atoms with Crippen molar-refractivity contribution < 1.29 is 17.6 Å². The number of carbonyl (C=O) groups excluding carboxylic acids is 1. The van der Waals surface area contributed by atoms with E-state index in [1.165, 1.54) is 18.2 Å². The van der Waals surface area contributed by atoms with Crippen LogP contribution in [0.25, 0.3) is 0 Å². The summed E-state index contributed by atoms with van der Waals surface area (Å²) in [5, 5.41) is 2.62. The highest BCUT2D eigenvalue weighted by molar-refractivity contribution is 7.89. The van der Waals surface area contributed by atoms with E-state index >= 15 is 0 Å². The normalized spacial score (nSPS) is 11.9. The van der Waals surface area contributed by atoms with Crippen molar-refractivity contribution in [2.24, 2.45) is 0 Å². The van der Waals surface area contributed by atoms with Crippen LogP contribution < -0.4 is 5.32 Å². The van der Waals surface area contributed by atoms with Crippen molar-refractivity contribution in [2.75, 3.05) is 13.1 Å². The van der Waals surface area contributed by atoms with Gasteiger partial charge in [0.05, 0.1) is 11.4 Å². The molecule has 0 fully saturated rings. The number of hydrogen-bond acceptors (Lipinski definition) is 3. The number of halogens is 1. The Morgan fingerprint density at radius 1 is 1.40 bits per heavy atom. The minimum atomic E-state index is -3.87. The number of hydrogen-bond donors (Lipinski definition) is 1. The maximum absolute atomic E-state index is 13.1. The minimum Gasteiger partial charge on any atom is -0.353 e. The maximum Gasteiger partial charge on any atom is 0.243 e. The van der Waals surface area contributed by atoms with Crippen LogP contribution in [0.3, 0.4) is 0 Å². The molecule has 0 aliphatic rings. The average molecular weight is 302 g/mol. The Bertz CT molecular complexity index is 573. The predicted molar refractivity (Wildman–Crippen MR) is 74.1 cm³/mol. The molecule has 1 aromatic carbocycles. The highest BCUT2D eigenvalue weighted by atomic mass is 32.2. The average Bonchev–Trinajstić information content (AvgIpc) is 2.34. The van der Waals surface area contributed by atoms with Crippen LogP contribution in [0, 0.1) is 5.82 Å². The Balaban J connectivity index is 2.96. The molecular formula is C13H19FN2O3S. The van der Waals surface area contributed by atoms with Gasteiger partial charge in [0.25, 0.3) is 0 Å². The van der Waals surface area contributed by atoms with E-state index in [-0.39, 0.29) is 29.9 Å². The number of sulfonamides is 1. The van der Waals surface area contributed by atoms with Gasteiger partial charge in [0.15, 0.2) is 0 Å². The van der Waals surface area contributed by atoms with Gasteiger partial charge in [-0.05, 0) is 32.0 Å². The van der Waals surface area contributed by atoms with E-state index < -0.39 is 15.8 Å². The second kappa shape index (κ2) is 6.81. The molecule has 0 saturated carbocycles. The van der Waals surface area contributed by atoms with Crippen molar-refractivity contribution in [1.82, 2.24) is 9.62 Å². The molecule has 0 bridgehead atoms. The van der Waals surface area contributed by atoms with Gasteiger partial charge >= 0.3 is 0 Å². The zero-order valence-electron chi connectivity index (χ0n) is 11.8. The van der Waals surface area contributed by atoms with Gasteiger partial charge in [0.2, 0.25) is 15.9 Å². The largest absolute Gasteiger partial charge is 0.353 e. The summed E-state index contributed by atoms with van der Waals surface area (Å²) in [6.45, 7) is 5.04. The summed E-state index contributed by atoms with van der Waals surface area (Å²) in [4.78, 5) is 11.5. The van der Waals surface area contributed by atoms with Crippen LogP contribution in [0.1, 0.15) is 20.8 Å². The van der Waals surface area contributed by atoms with Gasteiger partial charge in [-0.25, -0.2) is 12.8 Å². The van der Waals surface area contributed by atoms with Crippen molar-refractivity contribution in [1.29, 1.82) is 0 Å². The molecule has 0 spiro atoms. The number of amides is 1. The molecule has 0 aliphatic carbocycles. The van der Waals surface area contributed by atoms with Crippen LogP contribution in [-0.4, -0.2) is 37.8 Å². The van der Waals surface area contributed by atoms with Crippen molar-refractivity contribution >= 4 is 15.9 Å². The van der Waals surface area contributed by atoms with Crippen LogP contribution >= 0.6 is 0 Å². The number of likely N-dealkylation sites (N-methyl/N-ethyl adjacent to an activating group) is 1. The molecule has 0 heterocycles. The Hall–Kier alpha value is -1.47. The molecule has 1 amide bonds. The van der Waals surface area contributed by atoms with Crippen LogP contribution in [0.15, 0.2) is 29.2 Å². The summed E-state index contributed by atoms with van der Waals surface area (Å²) >= 11 is 0. The lowest BCUT2D eigenvalue weighted by atomic mass is 10.4. The fourth-order valence-electron chi connectivity index (χ4n) is 1.67. The third-order valence-corrected chi connectivity index (χ3v) is 4.47. The molecular weight excluding hydrogens is 283 g/mol. The zero-order valence-corrected chi connectivity index (χ0v) is 12.6. The number of nitrogens with one attached hydrogen (secondary N) is 1. The maximum atomic E-state index is 13.1. The molecule has 0 atom stereocenters. The summed E-state index contributed by atoms with van der Waals surface area (Å²) in [6, 6.07) is 4.67. The first kappa shape index (κ1) is 16.6. The second-order valence-corrected chi connectivity index (χ2v) is 6.55. The highest BCUT2D eigenvalue weighted by Crippen LogP contribution is 2.16. The van der Waals surface area contributed by atoms with Crippen LogP contribution in [-0.2, 0) is 14.8 Å². The van der Waals surface area contributed by atoms with Gasteiger partial charge in [-0.3, -0.25) is 4.79 Å². The Morgan fingerprint density at radius 3 is 2.55 bits per heavy atom. The zero-order chi connectivity index (χ0) is 15.3. The first-order valence-electron chi connectivity index (χ1n) is 6.32. The van der Waals surface area contributed by atoms with Gasteiger partial charge in [-0.15, -0.1) is 0 Å². The summed E-state index contributed by atoms with van der Waals surface area (Å²) in [7, 11) is -3.87. The lowest BCUT2D eigenvalue weighted by Gasteiger charge is -2.20. The molecule has 0 unspecified atom stereocenters. The summed E-state index contributed by atoms with van der Waals surface area (Å²) in [5.41, 5.74) is 0. The predicted octanol–water partition coefficient (Wildman–Crippen LogP) is 1.36. The molecule has 0 aromatic heterocycles. The lowest BCUT2D eigenvalue weighted by Crippen LogP contribution is -2.42. The Labute approximate surface area is 118 Å². The lowest BCUT2D eigenvalue weighted by molar-refractivity contribution is -0.121. The van der Waals surface area contributed by atoms with Crippen molar-refractivity contribution in [3.63, 3.8) is 0 Å². The standard InChI is InChI=1S/C13H19FN2O3S/c1-4-16(9-13(17)15-10(2)3)20(18,19)12-7-5-6-11(14)8-12/h5-8,10H,4,9H2,1-3H3,(H,15,17). The summed E-state index contributed by atoms with van der Waals surface area (Å²) < 4.78 is 38.8. The van der Waals surface area contributed by atoms with E-state index in [1.807, 2.05) is 0 Å². The summed E-state index contributed by atoms with van der Waals surface area (Å²) in [6.07, 6.45) is 0. The first-order valence-corrected chi connectivity index (χ1v) is 7.76. The minimum absolute atomic E-state index is 0.0712. The number of benzene rings is 1. The fraction of sp³-hybridized carbons (Fsp3) is 0.462. The van der Waals surface area contributed by atoms with Gasteiger partial charge in [-0.2, -0.15) is 4.31 Å². The molecule has 0 radical (unpaired) electrons. The SMILES string of the molecule is CCN(CC(=O)NC(C)C)S(=O)(=O)c1cccc(F)c1. The molecule has 0 aliphatic heterocycles. The Morgan fingerprint density at radius 2 is 2.05 bits per heavy atom. The van der Waals surface area contributed by atoms with E-state index in [0.29, 0.717) is 0 Å². The molecule has 20 heavy (non-hydrogen) atoms. The molecule has 1 N–H and O–H groups in total. The third-order valence-electron chi connectivity index (χ3n) is 2.56. The molecule has 0 saturated heterocycles. The quantitative estimate of drug-likeness (QED) is 0.863. The summed E-state index contributed by atoms with van der Waals surface area (Å²) in [5.74, 6) is -1.02. The topological polar surface area (TPSA) is 66.5 Å². The van der Waals surface area contributed by atoms with E-state index in [4.69, 9.17) is 0 Å². The monoisotopic (exact) mass is 302 g/mol. The smallest absolute Gasteiger partial charge is 0.243 e. The number of nitrogens with zero attached hydrogens (tertiary/aromatic N) is 1. The van der Waals surface area contributed by atoms with Gasteiger partial charge < -0.3 is 5.32 Å². The van der Waals surface area contributed by atoms with E-state index in [0.717, 1.165) is 10.4 Å².